The molecule has 1 amide bonds. The minimum atomic E-state index is -0.576. The van der Waals surface area contributed by atoms with Crippen LogP contribution in [0, 0.1) is 35.4 Å². The number of halogens is 1. The highest BCUT2D eigenvalue weighted by Crippen LogP contribution is 2.35. The molecule has 0 radical (unpaired) electrons. The van der Waals surface area contributed by atoms with Crippen LogP contribution >= 0.6 is 0 Å². The Morgan fingerprint density at radius 1 is 1.24 bits per heavy atom. The molecule has 146 valence electrons. The molecular weight excluding hydrogens is 365 g/mol. The van der Waals surface area contributed by atoms with Gasteiger partial charge in [0.25, 0.3) is 0 Å². The minimum absolute atomic E-state index is 0.0755. The molecular formula is C24H22FN3O. The predicted octanol–water partition coefficient (Wildman–Crippen LogP) is 3.17. The van der Waals surface area contributed by atoms with Crippen molar-refractivity contribution in [3.05, 3.63) is 59.4 Å². The molecule has 1 saturated heterocycles. The van der Waals surface area contributed by atoms with Crippen molar-refractivity contribution in [2.45, 2.75) is 43.8 Å². The van der Waals surface area contributed by atoms with Gasteiger partial charge in [-0.15, -0.1) is 6.42 Å². The fraction of sp³-hybridized carbons (Fsp3) is 0.333. The normalized spacial score (nSPS) is 23.2. The minimum Gasteiger partial charge on any atom is -0.339 e. The average Bonchev–Trinajstić information content (AvgIpc) is 3.38. The van der Waals surface area contributed by atoms with Crippen molar-refractivity contribution < 1.29 is 9.18 Å². The van der Waals surface area contributed by atoms with Crippen LogP contribution < -0.4 is 10.6 Å². The molecule has 1 heterocycles. The van der Waals surface area contributed by atoms with Crippen LogP contribution in [0.15, 0.2) is 42.5 Å². The molecule has 5 heteroatoms. The molecule has 2 fully saturated rings. The summed E-state index contributed by atoms with van der Waals surface area (Å²) in [6.45, 7) is 0. The van der Waals surface area contributed by atoms with E-state index in [0.29, 0.717) is 18.4 Å². The number of nitriles is 1. The van der Waals surface area contributed by atoms with E-state index >= 15 is 0 Å². The van der Waals surface area contributed by atoms with Crippen LogP contribution in [0.3, 0.4) is 0 Å². The number of piperidine rings is 1. The SMILES string of the molecule is C#Cc1cc(-c2ccc(CC(C#N)NC(=O)C3NC4CCC3C4)cc2)ccc1F. The molecule has 29 heavy (non-hydrogen) atoms. The highest BCUT2D eigenvalue weighted by molar-refractivity contribution is 5.83. The molecule has 0 spiro atoms. The number of hydrogen-bond acceptors (Lipinski definition) is 3. The van der Waals surface area contributed by atoms with E-state index in [1.54, 1.807) is 12.1 Å². The number of nitrogens with one attached hydrogen (secondary N) is 2. The van der Waals surface area contributed by atoms with Crippen LogP contribution in [0.4, 0.5) is 4.39 Å². The Labute approximate surface area is 170 Å². The quantitative estimate of drug-likeness (QED) is 0.775. The van der Waals surface area contributed by atoms with Gasteiger partial charge in [0.15, 0.2) is 0 Å². The topological polar surface area (TPSA) is 64.9 Å². The van der Waals surface area contributed by atoms with Gasteiger partial charge in [-0.3, -0.25) is 4.79 Å². The van der Waals surface area contributed by atoms with Crippen molar-refractivity contribution in [2.24, 2.45) is 5.92 Å². The van der Waals surface area contributed by atoms with E-state index in [4.69, 9.17) is 6.42 Å². The Morgan fingerprint density at radius 2 is 2.00 bits per heavy atom. The molecule has 0 aromatic heterocycles. The number of carbonyl (C=O) groups excluding carboxylic acids is 1. The predicted molar refractivity (Wildman–Crippen MR) is 109 cm³/mol. The third kappa shape index (κ3) is 4.01. The van der Waals surface area contributed by atoms with Crippen molar-refractivity contribution in [1.82, 2.24) is 10.6 Å². The zero-order chi connectivity index (χ0) is 20.4. The Bertz CT molecular complexity index is 1000. The molecule has 4 atom stereocenters. The molecule has 2 bridgehead atoms. The fourth-order valence-corrected chi connectivity index (χ4v) is 4.43. The third-order valence-electron chi connectivity index (χ3n) is 5.96. The van der Waals surface area contributed by atoms with Gasteiger partial charge in [0.05, 0.1) is 17.7 Å². The van der Waals surface area contributed by atoms with Gasteiger partial charge in [-0.25, -0.2) is 4.39 Å². The lowest BCUT2D eigenvalue weighted by Gasteiger charge is -2.23. The third-order valence-corrected chi connectivity index (χ3v) is 5.96. The Kier molecular flexibility index (Phi) is 5.34. The molecule has 1 saturated carbocycles. The van der Waals surface area contributed by atoms with Crippen LogP contribution in [0.2, 0.25) is 0 Å². The second-order valence-corrected chi connectivity index (χ2v) is 7.84. The lowest BCUT2D eigenvalue weighted by molar-refractivity contribution is -0.124. The summed E-state index contributed by atoms with van der Waals surface area (Å²) in [4.78, 5) is 12.6. The van der Waals surface area contributed by atoms with Crippen LogP contribution in [-0.2, 0) is 11.2 Å². The van der Waals surface area contributed by atoms with E-state index in [2.05, 4.69) is 22.6 Å². The highest BCUT2D eigenvalue weighted by atomic mass is 19.1. The Balaban J connectivity index is 1.40. The van der Waals surface area contributed by atoms with E-state index in [0.717, 1.165) is 36.0 Å². The zero-order valence-corrected chi connectivity index (χ0v) is 16.0. The van der Waals surface area contributed by atoms with Gasteiger partial charge in [0, 0.05) is 12.5 Å². The van der Waals surface area contributed by atoms with E-state index in [-0.39, 0.29) is 17.5 Å². The number of carbonyl (C=O) groups is 1. The van der Waals surface area contributed by atoms with Crippen molar-refractivity contribution in [1.29, 1.82) is 5.26 Å². The highest BCUT2D eigenvalue weighted by Gasteiger charge is 2.43. The summed E-state index contributed by atoms with van der Waals surface area (Å²) in [6, 6.07) is 14.3. The summed E-state index contributed by atoms with van der Waals surface area (Å²) in [5.74, 6) is 2.25. The lowest BCUT2D eigenvalue weighted by atomic mass is 9.97. The molecule has 2 aliphatic rings. The van der Waals surface area contributed by atoms with Gasteiger partial charge in [-0.1, -0.05) is 36.3 Å². The summed E-state index contributed by atoms with van der Waals surface area (Å²) in [7, 11) is 0. The molecule has 4 rings (SSSR count). The van der Waals surface area contributed by atoms with Crippen molar-refractivity contribution in [3.63, 3.8) is 0 Å². The maximum Gasteiger partial charge on any atom is 0.238 e. The number of amides is 1. The maximum absolute atomic E-state index is 13.6. The molecule has 2 aromatic carbocycles. The molecule has 2 aromatic rings. The second-order valence-electron chi connectivity index (χ2n) is 7.84. The van der Waals surface area contributed by atoms with Gasteiger partial charge in [0.1, 0.15) is 11.9 Å². The zero-order valence-electron chi connectivity index (χ0n) is 16.0. The standard InChI is InChI=1S/C24H22FN3O/c1-2-16-12-18(8-10-22(16)25)17-5-3-15(4-6-17)11-21(14-26)28-24(29)23-19-7-9-20(13-19)27-23/h1,3-6,8,10,12,19-21,23,27H,7,9,11,13H2,(H,28,29). The van der Waals surface area contributed by atoms with Gasteiger partial charge in [0.2, 0.25) is 5.91 Å². The van der Waals surface area contributed by atoms with Gasteiger partial charge >= 0.3 is 0 Å². The Hall–Kier alpha value is -3.15. The van der Waals surface area contributed by atoms with E-state index in [9.17, 15) is 14.4 Å². The summed E-state index contributed by atoms with van der Waals surface area (Å²) in [6.07, 6.45) is 9.05. The first-order valence-electron chi connectivity index (χ1n) is 9.89. The summed E-state index contributed by atoms with van der Waals surface area (Å²) < 4.78 is 13.6. The lowest BCUT2D eigenvalue weighted by Crippen LogP contribution is -2.50. The van der Waals surface area contributed by atoms with Crippen LogP contribution in [0.25, 0.3) is 11.1 Å². The van der Waals surface area contributed by atoms with Crippen molar-refractivity contribution in [2.75, 3.05) is 0 Å². The van der Waals surface area contributed by atoms with Crippen LogP contribution in [0.1, 0.15) is 30.4 Å². The number of nitrogens with zero attached hydrogens (tertiary/aromatic N) is 1. The van der Waals surface area contributed by atoms with Crippen molar-refractivity contribution in [3.8, 4) is 29.5 Å². The van der Waals surface area contributed by atoms with E-state index in [1.807, 2.05) is 24.3 Å². The number of fused-ring (bicyclic) bond motifs is 2. The van der Waals surface area contributed by atoms with Gasteiger partial charge < -0.3 is 10.6 Å². The van der Waals surface area contributed by atoms with Gasteiger partial charge in [-0.2, -0.15) is 5.26 Å². The number of hydrogen-bond donors (Lipinski definition) is 2. The van der Waals surface area contributed by atoms with E-state index < -0.39 is 11.9 Å². The first-order chi connectivity index (χ1) is 14.1. The van der Waals surface area contributed by atoms with Crippen LogP contribution in [0.5, 0.6) is 0 Å². The summed E-state index contributed by atoms with van der Waals surface area (Å²) >= 11 is 0. The van der Waals surface area contributed by atoms with Crippen LogP contribution in [-0.4, -0.2) is 24.0 Å². The molecule has 1 aliphatic carbocycles. The average molecular weight is 387 g/mol. The maximum atomic E-state index is 13.6. The second kappa shape index (κ2) is 8.07. The Morgan fingerprint density at radius 3 is 2.62 bits per heavy atom. The number of benzene rings is 2. The fourth-order valence-electron chi connectivity index (χ4n) is 4.43. The molecule has 4 nitrogen and oxygen atoms in total. The monoisotopic (exact) mass is 387 g/mol. The van der Waals surface area contributed by atoms with Crippen molar-refractivity contribution >= 4 is 5.91 Å². The molecule has 4 unspecified atom stereocenters. The smallest absolute Gasteiger partial charge is 0.238 e. The summed E-state index contributed by atoms with van der Waals surface area (Å²) in [5.41, 5.74) is 2.92. The first-order valence-corrected chi connectivity index (χ1v) is 9.89. The molecule has 2 N–H and O–H groups in total. The van der Waals surface area contributed by atoms with Gasteiger partial charge in [-0.05, 0) is 54.0 Å². The number of rotatable bonds is 5. The largest absolute Gasteiger partial charge is 0.339 e. The number of terminal acetylenes is 1. The first kappa shape index (κ1) is 19.2. The molecule has 1 aliphatic heterocycles. The van der Waals surface area contributed by atoms with E-state index in [1.165, 1.54) is 6.07 Å². The summed E-state index contributed by atoms with van der Waals surface area (Å²) in [5, 5.41) is 15.7.